The summed E-state index contributed by atoms with van der Waals surface area (Å²) in [5.41, 5.74) is 5.50. The maximum atomic E-state index is 5.96. The van der Waals surface area contributed by atoms with Crippen LogP contribution in [0.1, 0.15) is 19.6 Å². The molecule has 0 atom stereocenters. The Bertz CT molecular complexity index is 1080. The van der Waals surface area contributed by atoms with Gasteiger partial charge in [0.2, 0.25) is 0 Å². The maximum Gasteiger partial charge on any atom is 0.134 e. The summed E-state index contributed by atoms with van der Waals surface area (Å²) in [4.78, 5) is 2.26. The number of para-hydroxylation sites is 2. The minimum Gasteiger partial charge on any atom is -0.457 e. The molecule has 3 aromatic carbocycles. The van der Waals surface area contributed by atoms with E-state index in [9.17, 15) is 0 Å². The Morgan fingerprint density at radius 1 is 0.750 bits per heavy atom. The molecule has 0 N–H and O–H groups in total. The minimum absolute atomic E-state index is 0.857. The molecule has 0 saturated heterocycles. The summed E-state index contributed by atoms with van der Waals surface area (Å²) in [7, 11) is 0. The number of hydrogen-bond acceptors (Lipinski definition) is 2. The van der Waals surface area contributed by atoms with Crippen molar-refractivity contribution in [3.8, 4) is 0 Å². The first kappa shape index (κ1) is 17.9. The molecule has 0 aliphatic heterocycles. The molecule has 0 aliphatic carbocycles. The first-order valence-corrected chi connectivity index (χ1v) is 9.46. The van der Waals surface area contributed by atoms with E-state index in [0.29, 0.717) is 0 Å². The molecule has 0 amide bonds. The lowest BCUT2D eigenvalue weighted by atomic mass is 10.1. The van der Waals surface area contributed by atoms with Gasteiger partial charge >= 0.3 is 0 Å². The van der Waals surface area contributed by atoms with Crippen molar-refractivity contribution in [2.45, 2.75) is 13.8 Å². The fourth-order valence-electron chi connectivity index (χ4n) is 3.21. The van der Waals surface area contributed by atoms with Gasteiger partial charge < -0.3 is 9.32 Å². The average Bonchev–Trinajstić information content (AvgIpc) is 3.12. The lowest BCUT2D eigenvalue weighted by Gasteiger charge is -2.25. The highest BCUT2D eigenvalue weighted by Crippen LogP contribution is 2.36. The second-order valence-electron chi connectivity index (χ2n) is 6.98. The standard InChI is InChI=1S/C26H23NO/c1-20(2)10-9-15-25-19-21-18-24(16-17-26(21)28-25)27(22-11-5-3-6-12-22)23-13-7-4-8-14-23/h3-19H,1-2H3. The molecule has 0 fully saturated rings. The third-order valence-corrected chi connectivity index (χ3v) is 4.50. The molecule has 2 heteroatoms. The van der Waals surface area contributed by atoms with Gasteiger partial charge in [-0.3, -0.25) is 0 Å². The molecule has 0 radical (unpaired) electrons. The molecule has 4 aromatic rings. The van der Waals surface area contributed by atoms with Crippen LogP contribution in [0.15, 0.2) is 107 Å². The maximum absolute atomic E-state index is 5.96. The van der Waals surface area contributed by atoms with Gasteiger partial charge in [0.15, 0.2) is 0 Å². The highest BCUT2D eigenvalue weighted by atomic mass is 16.3. The predicted octanol–water partition coefficient (Wildman–Crippen LogP) is 7.88. The van der Waals surface area contributed by atoms with Crippen LogP contribution in [0, 0.1) is 0 Å². The molecule has 138 valence electrons. The second kappa shape index (κ2) is 8.01. The lowest BCUT2D eigenvalue weighted by Crippen LogP contribution is -2.09. The Hall–Kier alpha value is -3.52. The largest absolute Gasteiger partial charge is 0.457 e. The SMILES string of the molecule is CC(C)=CC=Cc1cc2cc(N(c3ccccc3)c3ccccc3)ccc2o1. The van der Waals surface area contributed by atoms with Crippen molar-refractivity contribution in [2.24, 2.45) is 0 Å². The number of anilines is 3. The second-order valence-corrected chi connectivity index (χ2v) is 6.98. The zero-order valence-corrected chi connectivity index (χ0v) is 16.2. The van der Waals surface area contributed by atoms with Gasteiger partial charge in [-0.2, -0.15) is 0 Å². The summed E-state index contributed by atoms with van der Waals surface area (Å²) >= 11 is 0. The Kier molecular flexibility index (Phi) is 5.11. The van der Waals surface area contributed by atoms with Gasteiger partial charge in [0, 0.05) is 22.4 Å². The predicted molar refractivity (Wildman–Crippen MR) is 119 cm³/mol. The summed E-state index contributed by atoms with van der Waals surface area (Å²) in [6.07, 6.45) is 6.10. The smallest absolute Gasteiger partial charge is 0.134 e. The topological polar surface area (TPSA) is 16.4 Å². The summed E-state index contributed by atoms with van der Waals surface area (Å²) in [5, 5.41) is 1.09. The molecule has 28 heavy (non-hydrogen) atoms. The van der Waals surface area contributed by atoms with Crippen molar-refractivity contribution < 1.29 is 4.42 Å². The third-order valence-electron chi connectivity index (χ3n) is 4.50. The van der Waals surface area contributed by atoms with E-state index in [1.165, 1.54) is 5.57 Å². The number of allylic oxidation sites excluding steroid dienone is 3. The quantitative estimate of drug-likeness (QED) is 0.334. The summed E-state index contributed by atoms with van der Waals surface area (Å²) < 4.78 is 5.96. The van der Waals surface area contributed by atoms with Crippen molar-refractivity contribution in [1.82, 2.24) is 0 Å². The van der Waals surface area contributed by atoms with E-state index in [1.54, 1.807) is 0 Å². The number of nitrogens with zero attached hydrogens (tertiary/aromatic N) is 1. The molecule has 1 aromatic heterocycles. The van der Waals surface area contributed by atoms with Crippen LogP contribution < -0.4 is 4.90 Å². The van der Waals surface area contributed by atoms with Crippen LogP contribution in [0.5, 0.6) is 0 Å². The van der Waals surface area contributed by atoms with Gasteiger partial charge in [0.25, 0.3) is 0 Å². The van der Waals surface area contributed by atoms with Gasteiger partial charge in [-0.15, -0.1) is 0 Å². The van der Waals surface area contributed by atoms with E-state index in [-0.39, 0.29) is 0 Å². The van der Waals surface area contributed by atoms with Crippen LogP contribution in [-0.2, 0) is 0 Å². The summed E-state index contributed by atoms with van der Waals surface area (Å²) in [6.45, 7) is 4.16. The van der Waals surface area contributed by atoms with E-state index in [2.05, 4.69) is 91.6 Å². The van der Waals surface area contributed by atoms with Crippen LogP contribution in [-0.4, -0.2) is 0 Å². The van der Waals surface area contributed by atoms with E-state index >= 15 is 0 Å². The zero-order valence-electron chi connectivity index (χ0n) is 16.2. The Labute approximate surface area is 166 Å². The van der Waals surface area contributed by atoms with E-state index in [1.807, 2.05) is 30.4 Å². The van der Waals surface area contributed by atoms with Crippen LogP contribution >= 0.6 is 0 Å². The molecule has 1 heterocycles. The number of hydrogen-bond donors (Lipinski definition) is 0. The monoisotopic (exact) mass is 365 g/mol. The summed E-state index contributed by atoms with van der Waals surface area (Å²) in [5.74, 6) is 0.857. The first-order chi connectivity index (χ1) is 13.7. The number of benzene rings is 3. The van der Waals surface area contributed by atoms with Gasteiger partial charge in [-0.05, 0) is 68.5 Å². The highest BCUT2D eigenvalue weighted by molar-refractivity contribution is 5.87. The van der Waals surface area contributed by atoms with E-state index in [4.69, 9.17) is 4.42 Å². The molecule has 0 bridgehead atoms. The van der Waals surface area contributed by atoms with Crippen LogP contribution in [0.25, 0.3) is 17.0 Å². The molecular formula is C26H23NO. The van der Waals surface area contributed by atoms with Gasteiger partial charge in [-0.25, -0.2) is 0 Å². The van der Waals surface area contributed by atoms with Gasteiger partial charge in [0.05, 0.1) is 0 Å². The Balaban J connectivity index is 1.76. The fourth-order valence-corrected chi connectivity index (χ4v) is 3.21. The molecule has 4 rings (SSSR count). The van der Waals surface area contributed by atoms with Crippen molar-refractivity contribution in [3.05, 3.63) is 108 Å². The van der Waals surface area contributed by atoms with Crippen LogP contribution in [0.4, 0.5) is 17.1 Å². The third kappa shape index (κ3) is 3.91. The molecular weight excluding hydrogens is 342 g/mol. The Morgan fingerprint density at radius 2 is 1.39 bits per heavy atom. The summed E-state index contributed by atoms with van der Waals surface area (Å²) in [6, 6.07) is 29.2. The van der Waals surface area contributed by atoms with Crippen molar-refractivity contribution in [1.29, 1.82) is 0 Å². The van der Waals surface area contributed by atoms with Crippen LogP contribution in [0.2, 0.25) is 0 Å². The number of rotatable bonds is 5. The average molecular weight is 365 g/mol. The molecule has 0 aliphatic rings. The lowest BCUT2D eigenvalue weighted by molar-refractivity contribution is 0.604. The van der Waals surface area contributed by atoms with Crippen molar-refractivity contribution in [3.63, 3.8) is 0 Å². The van der Waals surface area contributed by atoms with Crippen molar-refractivity contribution in [2.75, 3.05) is 4.90 Å². The molecule has 2 nitrogen and oxygen atoms in total. The minimum atomic E-state index is 0.857. The number of fused-ring (bicyclic) bond motifs is 1. The fraction of sp³-hybridized carbons (Fsp3) is 0.0769. The van der Waals surface area contributed by atoms with Crippen LogP contribution in [0.3, 0.4) is 0 Å². The van der Waals surface area contributed by atoms with Gasteiger partial charge in [-0.1, -0.05) is 54.1 Å². The molecule has 0 spiro atoms. The highest BCUT2D eigenvalue weighted by Gasteiger charge is 2.13. The molecule has 0 unspecified atom stereocenters. The van der Waals surface area contributed by atoms with E-state index < -0.39 is 0 Å². The van der Waals surface area contributed by atoms with Crippen molar-refractivity contribution >= 4 is 34.1 Å². The number of furan rings is 1. The molecule has 0 saturated carbocycles. The zero-order chi connectivity index (χ0) is 19.3. The Morgan fingerprint density at radius 3 is 2.00 bits per heavy atom. The van der Waals surface area contributed by atoms with Gasteiger partial charge in [0.1, 0.15) is 11.3 Å². The van der Waals surface area contributed by atoms with E-state index in [0.717, 1.165) is 33.8 Å². The normalized spacial score (nSPS) is 11.1. The first-order valence-electron chi connectivity index (χ1n) is 9.46.